The minimum Gasteiger partial charge on any atom is -0.456 e. The van der Waals surface area contributed by atoms with Crippen molar-refractivity contribution in [2.24, 2.45) is 0 Å². The van der Waals surface area contributed by atoms with Gasteiger partial charge in [-0.05, 0) is 49.2 Å². The summed E-state index contributed by atoms with van der Waals surface area (Å²) in [6, 6.07) is 0.995. The van der Waals surface area contributed by atoms with Crippen LogP contribution in [-0.4, -0.2) is 65.4 Å². The van der Waals surface area contributed by atoms with Gasteiger partial charge in [0.05, 0.1) is 22.7 Å². The molecule has 10 nitrogen and oxygen atoms in total. The molecule has 4 rings (SSSR count). The van der Waals surface area contributed by atoms with Gasteiger partial charge in [-0.25, -0.2) is 9.18 Å². The largest absolute Gasteiger partial charge is 0.456 e. The summed E-state index contributed by atoms with van der Waals surface area (Å²) in [5, 5.41) is 11.3. The number of hydrogen-bond acceptors (Lipinski definition) is 8. The number of nitrogens with zero attached hydrogens (tertiary/aromatic N) is 3. The average Bonchev–Trinajstić information content (AvgIpc) is 3.39. The molecule has 1 saturated heterocycles. The molecule has 0 aliphatic carbocycles. The lowest BCUT2D eigenvalue weighted by atomic mass is 9.89. The molecule has 0 radical (unpaired) electrons. The third-order valence-electron chi connectivity index (χ3n) is 8.39. The maximum atomic E-state index is 15.7. The number of aromatic nitrogens is 1. The van der Waals surface area contributed by atoms with Gasteiger partial charge in [-0.1, -0.05) is 32.4 Å². The SMILES string of the molecule is CC(C)(C)[Si](C)(C)OCc1nccc(C(=O)COC(=O)[C@@H]2CC[C@@H]3N2C(=O)C=C(c2cc(Cl)ccc2[N+](=O)[O-])C3(F)F)c1F. The number of halogens is 4. The lowest BCUT2D eigenvalue weighted by molar-refractivity contribution is -0.385. The van der Waals surface area contributed by atoms with Crippen LogP contribution in [0.1, 0.15) is 55.2 Å². The number of rotatable bonds is 9. The summed E-state index contributed by atoms with van der Waals surface area (Å²) >= 11 is 5.91. The lowest BCUT2D eigenvalue weighted by Gasteiger charge is -2.38. The van der Waals surface area contributed by atoms with E-state index in [1.165, 1.54) is 12.3 Å². The maximum Gasteiger partial charge on any atom is 0.329 e. The van der Waals surface area contributed by atoms with Crippen LogP contribution in [0.15, 0.2) is 36.5 Å². The summed E-state index contributed by atoms with van der Waals surface area (Å²) in [6.45, 7) is 8.94. The molecule has 2 aliphatic heterocycles. The fourth-order valence-electron chi connectivity index (χ4n) is 4.90. The molecule has 3 heterocycles. The molecule has 15 heteroatoms. The minimum atomic E-state index is -3.78. The molecular weight excluding hydrogens is 623 g/mol. The Labute approximate surface area is 257 Å². The Morgan fingerprint density at radius 1 is 1.23 bits per heavy atom. The highest BCUT2D eigenvalue weighted by atomic mass is 35.5. The molecule has 236 valence electrons. The number of carbonyl (C=O) groups excluding carboxylic acids is 3. The van der Waals surface area contributed by atoms with Crippen LogP contribution in [0.4, 0.5) is 18.9 Å². The zero-order valence-corrected chi connectivity index (χ0v) is 26.4. The molecule has 0 spiro atoms. The molecule has 0 unspecified atom stereocenters. The predicted molar refractivity (Wildman–Crippen MR) is 156 cm³/mol. The highest BCUT2D eigenvalue weighted by Crippen LogP contribution is 2.48. The highest BCUT2D eigenvalue weighted by Gasteiger charge is 2.58. The van der Waals surface area contributed by atoms with Crippen LogP contribution < -0.4 is 0 Å². The van der Waals surface area contributed by atoms with Gasteiger partial charge >= 0.3 is 5.97 Å². The number of nitro benzene ring substituents is 1. The van der Waals surface area contributed by atoms with Gasteiger partial charge in [-0.15, -0.1) is 0 Å². The van der Waals surface area contributed by atoms with Gasteiger partial charge in [-0.2, -0.15) is 8.78 Å². The van der Waals surface area contributed by atoms with Crippen LogP contribution in [0.25, 0.3) is 5.57 Å². The minimum absolute atomic E-state index is 0.0457. The van der Waals surface area contributed by atoms with Crippen LogP contribution in [0, 0.1) is 15.9 Å². The molecule has 2 aliphatic rings. The third-order valence-corrected chi connectivity index (χ3v) is 13.1. The van der Waals surface area contributed by atoms with E-state index in [1.807, 2.05) is 33.9 Å². The van der Waals surface area contributed by atoms with Gasteiger partial charge in [0.2, 0.25) is 11.7 Å². The summed E-state index contributed by atoms with van der Waals surface area (Å²) < 4.78 is 57.7. The van der Waals surface area contributed by atoms with Gasteiger partial charge in [0.1, 0.15) is 17.8 Å². The number of pyridine rings is 1. The Morgan fingerprint density at radius 2 is 1.91 bits per heavy atom. The number of ether oxygens (including phenoxy) is 1. The van der Waals surface area contributed by atoms with Crippen LogP contribution in [0.5, 0.6) is 0 Å². The Kier molecular flexibility index (Phi) is 9.11. The van der Waals surface area contributed by atoms with E-state index in [0.717, 1.165) is 18.2 Å². The van der Waals surface area contributed by atoms with Crippen LogP contribution >= 0.6 is 11.6 Å². The van der Waals surface area contributed by atoms with Crippen molar-refractivity contribution in [1.29, 1.82) is 0 Å². The number of hydrogen-bond donors (Lipinski definition) is 0. The second kappa shape index (κ2) is 12.0. The number of amides is 1. The Morgan fingerprint density at radius 3 is 2.55 bits per heavy atom. The number of carbonyl (C=O) groups is 3. The predicted octanol–water partition coefficient (Wildman–Crippen LogP) is 6.12. The molecule has 2 atom stereocenters. The first kappa shape index (κ1) is 33.3. The van der Waals surface area contributed by atoms with Crippen molar-refractivity contribution in [3.8, 4) is 0 Å². The van der Waals surface area contributed by atoms with Crippen molar-refractivity contribution in [2.75, 3.05) is 6.61 Å². The van der Waals surface area contributed by atoms with Crippen LogP contribution in [0.2, 0.25) is 23.2 Å². The molecule has 1 amide bonds. The molecule has 1 aromatic heterocycles. The summed E-state index contributed by atoms with van der Waals surface area (Å²) in [6.07, 6.45) is 1.24. The number of benzene rings is 1. The lowest BCUT2D eigenvalue weighted by Crippen LogP contribution is -2.55. The first-order valence-electron chi connectivity index (χ1n) is 13.7. The Hall–Kier alpha value is -3.62. The van der Waals surface area contributed by atoms with Gasteiger partial charge in [-0.3, -0.25) is 24.7 Å². The van der Waals surface area contributed by atoms with E-state index in [4.69, 9.17) is 20.8 Å². The summed E-state index contributed by atoms with van der Waals surface area (Å²) in [5.41, 5.74) is -2.53. The molecular formula is C29H31ClF3N3O7Si. The molecule has 1 aromatic carbocycles. The number of fused-ring (bicyclic) bond motifs is 1. The molecule has 44 heavy (non-hydrogen) atoms. The first-order valence-corrected chi connectivity index (χ1v) is 17.0. The van der Waals surface area contributed by atoms with Crippen molar-refractivity contribution >= 4 is 48.8 Å². The smallest absolute Gasteiger partial charge is 0.329 e. The van der Waals surface area contributed by atoms with E-state index in [0.29, 0.717) is 11.0 Å². The van der Waals surface area contributed by atoms with Gasteiger partial charge in [0.25, 0.3) is 11.6 Å². The van der Waals surface area contributed by atoms with Crippen molar-refractivity contribution in [1.82, 2.24) is 9.88 Å². The van der Waals surface area contributed by atoms with E-state index in [9.17, 15) is 24.5 Å². The number of ketones is 1. The average molecular weight is 654 g/mol. The fraction of sp³-hybridized carbons (Fsp3) is 0.448. The second-order valence-electron chi connectivity index (χ2n) is 12.2. The summed E-state index contributed by atoms with van der Waals surface area (Å²) in [4.78, 5) is 54.0. The van der Waals surface area contributed by atoms with Crippen molar-refractivity contribution < 1.29 is 41.6 Å². The molecule has 0 saturated carbocycles. The quantitative estimate of drug-likeness (QED) is 0.104. The van der Waals surface area contributed by atoms with Crippen molar-refractivity contribution in [2.45, 2.75) is 76.4 Å². The van der Waals surface area contributed by atoms with E-state index >= 15 is 13.2 Å². The summed E-state index contributed by atoms with van der Waals surface area (Å²) in [5.74, 6) is -7.70. The van der Waals surface area contributed by atoms with Crippen LogP contribution in [-0.2, 0) is 25.4 Å². The van der Waals surface area contributed by atoms with Crippen molar-refractivity contribution in [3.05, 3.63) is 74.3 Å². The summed E-state index contributed by atoms with van der Waals surface area (Å²) in [7, 11) is -2.25. The standard InChI is InChI=1S/C29H31ClF3N3O7Si/c1-28(2,3)44(4,5)43-14-20-26(31)17(10-11-34-20)23(37)15-42-27(39)22-8-9-24-29(32,33)19(13-25(38)35(22)24)18-12-16(30)6-7-21(18)36(40)41/h6-7,10-13,22,24H,8-9,14-15H2,1-5H3/t22-,24-/m0/s1. The monoisotopic (exact) mass is 653 g/mol. The second-order valence-corrected chi connectivity index (χ2v) is 17.4. The first-order chi connectivity index (χ1) is 20.4. The fourth-order valence-corrected chi connectivity index (χ4v) is 6.00. The number of Topliss-reactive ketones (excluding diaryl/α,β-unsaturated/α-hetero) is 1. The van der Waals surface area contributed by atoms with Crippen LogP contribution in [0.3, 0.4) is 0 Å². The van der Waals surface area contributed by atoms with E-state index in [-0.39, 0.29) is 40.8 Å². The zero-order chi connectivity index (χ0) is 32.8. The number of alkyl halides is 2. The molecule has 2 aromatic rings. The number of nitro groups is 1. The normalized spacial score (nSPS) is 19.8. The van der Waals surface area contributed by atoms with Gasteiger partial charge < -0.3 is 14.1 Å². The Balaban J connectivity index is 1.48. The molecule has 0 bridgehead atoms. The van der Waals surface area contributed by atoms with E-state index in [2.05, 4.69) is 4.98 Å². The highest BCUT2D eigenvalue weighted by molar-refractivity contribution is 6.74. The topological polar surface area (TPSA) is 129 Å². The maximum absolute atomic E-state index is 15.7. The Bertz CT molecular complexity index is 1560. The third kappa shape index (κ3) is 6.28. The number of esters is 1. The van der Waals surface area contributed by atoms with Gasteiger partial charge in [0, 0.05) is 28.9 Å². The van der Waals surface area contributed by atoms with Crippen molar-refractivity contribution in [3.63, 3.8) is 0 Å². The van der Waals surface area contributed by atoms with E-state index < -0.39 is 78.2 Å². The van der Waals surface area contributed by atoms with Gasteiger partial charge in [0.15, 0.2) is 20.7 Å². The van der Waals surface area contributed by atoms with E-state index in [1.54, 1.807) is 0 Å². The zero-order valence-electron chi connectivity index (χ0n) is 24.7. The molecule has 1 fully saturated rings. The molecule has 0 N–H and O–H groups in total.